The van der Waals surface area contributed by atoms with Crippen molar-refractivity contribution in [2.24, 2.45) is 22.5 Å². The average molecular weight is 870 g/mol. The molecule has 2 aromatic carbocycles. The van der Waals surface area contributed by atoms with Gasteiger partial charge < -0.3 is 54.2 Å². The molecule has 1 heterocycles. The molecule has 1 aliphatic carbocycles. The highest BCUT2D eigenvalue weighted by Gasteiger charge is 2.73. The van der Waals surface area contributed by atoms with Crippen molar-refractivity contribution in [3.63, 3.8) is 0 Å². The van der Waals surface area contributed by atoms with Crippen molar-refractivity contribution in [2.45, 2.75) is 116 Å². The summed E-state index contributed by atoms with van der Waals surface area (Å²) in [6.07, 6.45) is -6.82. The summed E-state index contributed by atoms with van der Waals surface area (Å²) in [4.78, 5) is 68.8. The predicted molar refractivity (Wildman–Crippen MR) is 223 cm³/mol. The van der Waals surface area contributed by atoms with Crippen LogP contribution < -0.4 is 5.73 Å². The predicted octanol–water partition coefficient (Wildman–Crippen LogP) is 3.57. The van der Waals surface area contributed by atoms with Crippen molar-refractivity contribution >= 4 is 29.7 Å². The molecule has 10 atom stereocenters. The van der Waals surface area contributed by atoms with Gasteiger partial charge in [-0.15, -0.1) is 0 Å². The summed E-state index contributed by atoms with van der Waals surface area (Å²) >= 11 is 0. The van der Waals surface area contributed by atoms with Crippen molar-refractivity contribution in [1.29, 1.82) is 0 Å². The smallest absolute Gasteiger partial charge is 0.348 e. The molecule has 0 amide bonds. The fraction of sp³-hybridized carbons (Fsp3) is 0.587. The van der Waals surface area contributed by atoms with Crippen molar-refractivity contribution in [2.75, 3.05) is 39.6 Å². The fourth-order valence-corrected chi connectivity index (χ4v) is 8.45. The van der Waals surface area contributed by atoms with Gasteiger partial charge in [0.2, 0.25) is 11.9 Å². The molecule has 1 fully saturated rings. The Labute approximate surface area is 363 Å². The quantitative estimate of drug-likeness (QED) is 0.0410. The maximum absolute atomic E-state index is 14.4. The number of esters is 4. The second kappa shape index (κ2) is 21.2. The van der Waals surface area contributed by atoms with E-state index in [1.165, 1.54) is 26.0 Å². The first-order chi connectivity index (χ1) is 29.2. The molecule has 1 aliphatic heterocycles. The summed E-state index contributed by atoms with van der Waals surface area (Å²) in [7, 11) is 0. The minimum Gasteiger partial charge on any atom is -0.455 e. The topological polar surface area (TPSA) is 240 Å². The van der Waals surface area contributed by atoms with Crippen LogP contribution in [-0.4, -0.2) is 126 Å². The van der Waals surface area contributed by atoms with Crippen LogP contribution in [0.15, 0.2) is 72.3 Å². The molecule has 2 aliphatic rings. The van der Waals surface area contributed by atoms with Gasteiger partial charge in [0.25, 0.3) is 0 Å². The van der Waals surface area contributed by atoms with Crippen LogP contribution in [0, 0.1) is 16.7 Å². The largest absolute Gasteiger partial charge is 0.455 e. The Morgan fingerprint density at radius 1 is 0.935 bits per heavy atom. The lowest BCUT2D eigenvalue weighted by Gasteiger charge is -2.55. The van der Waals surface area contributed by atoms with Crippen LogP contribution in [0.4, 0.5) is 0 Å². The van der Waals surface area contributed by atoms with Gasteiger partial charge in [-0.1, -0.05) is 82.3 Å². The molecule has 0 aromatic heterocycles. The van der Waals surface area contributed by atoms with Gasteiger partial charge in [0, 0.05) is 31.2 Å². The normalized spacial score (nSPS) is 24.4. The Hall–Kier alpha value is -4.55. The van der Waals surface area contributed by atoms with Crippen LogP contribution in [0.5, 0.6) is 0 Å². The minimum absolute atomic E-state index is 0.0607. The van der Waals surface area contributed by atoms with Crippen molar-refractivity contribution < 1.29 is 72.5 Å². The van der Waals surface area contributed by atoms with Gasteiger partial charge in [-0.2, -0.15) is 0 Å². The van der Waals surface area contributed by atoms with E-state index in [2.05, 4.69) is 0 Å². The average Bonchev–Trinajstić information content (AvgIpc) is 4.00. The monoisotopic (exact) mass is 869 g/mol. The molecule has 0 unspecified atom stereocenters. The molecule has 62 heavy (non-hydrogen) atoms. The second-order valence-electron chi connectivity index (χ2n) is 16.8. The number of rotatable bonds is 23. The van der Waals surface area contributed by atoms with Crippen LogP contribution in [0.3, 0.4) is 0 Å². The lowest BCUT2D eigenvalue weighted by atomic mass is 9.55. The molecular weight excluding hydrogens is 806 g/mol. The molecule has 1 saturated heterocycles. The molecule has 16 nitrogen and oxygen atoms in total. The summed E-state index contributed by atoms with van der Waals surface area (Å²) < 4.78 is 40.5. The third-order valence-corrected chi connectivity index (χ3v) is 12.0. The lowest BCUT2D eigenvalue weighted by molar-refractivity contribution is -0.239. The van der Waals surface area contributed by atoms with Crippen LogP contribution in [-0.2, 0) is 52.3 Å². The van der Waals surface area contributed by atoms with Gasteiger partial charge in [0.1, 0.15) is 37.1 Å². The summed E-state index contributed by atoms with van der Waals surface area (Å²) in [6.45, 7) is 12.0. The Morgan fingerprint density at radius 2 is 1.53 bits per heavy atom. The zero-order valence-corrected chi connectivity index (χ0v) is 36.9. The Kier molecular flexibility index (Phi) is 17.1. The minimum atomic E-state index is -2.32. The number of epoxide rings is 1. The number of aliphatic hydroxyl groups is 3. The van der Waals surface area contributed by atoms with E-state index in [1.807, 2.05) is 0 Å². The number of hydrogen-bond donors (Lipinski definition) is 4. The number of carbonyl (C=O) groups excluding carboxylic acids is 5. The van der Waals surface area contributed by atoms with Crippen molar-refractivity contribution in [3.05, 3.63) is 83.4 Å². The highest BCUT2D eigenvalue weighted by molar-refractivity contribution is 5.91. The number of ether oxygens (including phenoxy) is 7. The SMILES string of the molecule is CC[C@H](O)[C@@](C)(C(=O)[C@@H](C)O)[C@H]([C@H](OC(=O)c1ccccc1)[C@]1(O)C[C@H](OC(=O)[C@H](OC(=O)COCCOCCN)[C@@H](C)c2ccccc2)C(C)=CC1(C)C)[C@]1(OC(C)=O)CO1. The summed E-state index contributed by atoms with van der Waals surface area (Å²) in [6, 6.07) is 16.7. The maximum Gasteiger partial charge on any atom is 0.348 e. The molecule has 0 bridgehead atoms. The van der Waals surface area contributed by atoms with E-state index < -0.39 is 107 Å². The first-order valence-electron chi connectivity index (χ1n) is 20.9. The fourth-order valence-electron chi connectivity index (χ4n) is 8.45. The number of nitrogens with two attached hydrogens (primary N) is 1. The number of hydrogen-bond acceptors (Lipinski definition) is 16. The van der Waals surface area contributed by atoms with E-state index in [0.717, 1.165) is 6.92 Å². The molecule has 0 radical (unpaired) electrons. The van der Waals surface area contributed by atoms with Gasteiger partial charge >= 0.3 is 23.9 Å². The van der Waals surface area contributed by atoms with E-state index in [4.69, 9.17) is 38.9 Å². The number of carbonyl (C=O) groups is 5. The number of Topliss-reactive ketones (excluding diaryl/α,β-unsaturated/α-hetero) is 1. The summed E-state index contributed by atoms with van der Waals surface area (Å²) in [5.74, 6) is -8.96. The second-order valence-corrected chi connectivity index (χ2v) is 16.8. The first kappa shape index (κ1) is 50.1. The molecule has 0 saturated carbocycles. The van der Waals surface area contributed by atoms with E-state index >= 15 is 0 Å². The molecule has 4 rings (SSSR count). The first-order valence-corrected chi connectivity index (χ1v) is 20.9. The Morgan fingerprint density at radius 3 is 2.08 bits per heavy atom. The highest BCUT2D eigenvalue weighted by Crippen LogP contribution is 2.58. The van der Waals surface area contributed by atoms with Gasteiger partial charge in [-0.05, 0) is 50.5 Å². The Bertz CT molecular complexity index is 1880. The van der Waals surface area contributed by atoms with Crippen LogP contribution in [0.2, 0.25) is 0 Å². The third kappa shape index (κ3) is 11.3. The lowest BCUT2D eigenvalue weighted by Crippen LogP contribution is -2.68. The summed E-state index contributed by atoms with van der Waals surface area (Å²) in [5, 5.41) is 36.1. The maximum atomic E-state index is 14.4. The molecule has 16 heteroatoms. The summed E-state index contributed by atoms with van der Waals surface area (Å²) in [5.41, 5.74) is 0.809. The van der Waals surface area contributed by atoms with E-state index in [0.29, 0.717) is 24.3 Å². The van der Waals surface area contributed by atoms with Crippen molar-refractivity contribution in [1.82, 2.24) is 0 Å². The van der Waals surface area contributed by atoms with Gasteiger partial charge in [0.15, 0.2) is 5.78 Å². The molecule has 5 N–H and O–H groups in total. The van der Waals surface area contributed by atoms with Crippen molar-refractivity contribution in [3.8, 4) is 0 Å². The molecular formula is C46H63NO15. The van der Waals surface area contributed by atoms with Crippen LogP contribution in [0.25, 0.3) is 0 Å². The number of aliphatic hydroxyl groups excluding tert-OH is 2. The zero-order chi connectivity index (χ0) is 46.0. The van der Waals surface area contributed by atoms with Gasteiger partial charge in [-0.25, -0.2) is 14.4 Å². The van der Waals surface area contributed by atoms with E-state index in [-0.39, 0.29) is 31.8 Å². The Balaban J connectivity index is 1.84. The number of ketones is 1. The number of benzene rings is 2. The molecule has 342 valence electrons. The standard InChI is InChI=1S/C46H63NO15/c1-9-35(50)44(8,39(52)30(4)48)38(46(27-58-46)62-31(5)49)40(61-41(53)33-18-14-11-15-19-33)45(55)25-34(28(2)24-43(45,6)7)59-42(54)37(29(3)32-16-12-10-13-17-32)60-36(51)26-57-23-22-56-21-20-47/h10-19,24,29-30,34-35,37-38,40,48,50,55H,9,20-23,25-27,47H2,1-8H3/t29-,30+,34-,35-,37+,38-,40-,44+,45+,46+/m0/s1. The van der Waals surface area contributed by atoms with Crippen LogP contribution >= 0.6 is 0 Å². The van der Waals surface area contributed by atoms with Gasteiger partial charge in [-0.3, -0.25) is 9.59 Å². The van der Waals surface area contributed by atoms with Crippen LogP contribution in [0.1, 0.15) is 90.1 Å². The third-order valence-electron chi connectivity index (χ3n) is 12.0. The van der Waals surface area contributed by atoms with Gasteiger partial charge in [0.05, 0.1) is 42.8 Å². The molecule has 0 spiro atoms. The molecule has 2 aromatic rings. The van der Waals surface area contributed by atoms with E-state index in [1.54, 1.807) is 89.2 Å². The highest BCUT2D eigenvalue weighted by atomic mass is 16.8. The van der Waals surface area contributed by atoms with E-state index in [9.17, 15) is 39.3 Å². The zero-order valence-electron chi connectivity index (χ0n) is 36.9.